The highest BCUT2D eigenvalue weighted by molar-refractivity contribution is 7.16. The molecule has 0 saturated heterocycles. The minimum Gasteiger partial charge on any atom is -0.289 e. The summed E-state index contributed by atoms with van der Waals surface area (Å²) in [6.45, 7) is 2.05. The molecule has 1 aromatic rings. The molecule has 0 unspecified atom stereocenters. The van der Waals surface area contributed by atoms with E-state index in [-0.39, 0.29) is 5.78 Å². The number of hydrogen-bond acceptors (Lipinski definition) is 2. The Balaban J connectivity index is 2.13. The van der Waals surface area contributed by atoms with Gasteiger partial charge in [0.25, 0.3) is 0 Å². The summed E-state index contributed by atoms with van der Waals surface area (Å²) >= 11 is 1.72. The van der Waals surface area contributed by atoms with E-state index in [9.17, 15) is 4.79 Å². The van der Waals surface area contributed by atoms with Gasteiger partial charge in [-0.05, 0) is 30.2 Å². The van der Waals surface area contributed by atoms with Crippen molar-refractivity contribution in [3.05, 3.63) is 58.5 Å². The average molecular weight is 250 g/mol. The van der Waals surface area contributed by atoms with Gasteiger partial charge < -0.3 is 0 Å². The predicted molar refractivity (Wildman–Crippen MR) is 74.5 cm³/mol. The molecule has 0 radical (unpaired) electrons. The van der Waals surface area contributed by atoms with Gasteiger partial charge in [0, 0.05) is 26.4 Å². The molecular formula is C16H10OS. The van der Waals surface area contributed by atoms with Crippen molar-refractivity contribution < 1.29 is 4.79 Å². The van der Waals surface area contributed by atoms with Gasteiger partial charge in [0.2, 0.25) is 0 Å². The smallest absolute Gasteiger partial charge is 0.195 e. The second kappa shape index (κ2) is 3.30. The number of fused-ring (bicyclic) bond motifs is 5. The summed E-state index contributed by atoms with van der Waals surface area (Å²) in [6.07, 6.45) is 0. The molecule has 0 aromatic carbocycles. The van der Waals surface area contributed by atoms with E-state index in [0.29, 0.717) is 0 Å². The second-order valence-corrected chi connectivity index (χ2v) is 5.90. The quantitative estimate of drug-likeness (QED) is 0.453. The standard InChI is InChI=1S/C16H10OS/c1-9-7-13-15(17)14-11-6-4-2-3-5-10(11)8-12(14)16(13)18-9/h2-8H,1H3. The van der Waals surface area contributed by atoms with Crippen molar-refractivity contribution in [1.82, 2.24) is 0 Å². The maximum Gasteiger partial charge on any atom is 0.195 e. The van der Waals surface area contributed by atoms with E-state index in [1.807, 2.05) is 30.3 Å². The Bertz CT molecular complexity index is 767. The van der Waals surface area contributed by atoms with Crippen LogP contribution in [0.15, 0.2) is 42.5 Å². The van der Waals surface area contributed by atoms with E-state index in [1.54, 1.807) is 11.3 Å². The molecule has 0 saturated carbocycles. The zero-order valence-electron chi connectivity index (χ0n) is 9.86. The SMILES string of the molecule is Cc1cc2c(s1)-c1cc3cccccc-3c1C2=O. The Kier molecular flexibility index (Phi) is 1.84. The maximum absolute atomic E-state index is 12.5. The molecule has 0 fully saturated rings. The molecule has 1 nitrogen and oxygen atoms in total. The third-order valence-corrected chi connectivity index (χ3v) is 4.57. The molecule has 86 valence electrons. The van der Waals surface area contributed by atoms with E-state index in [1.165, 1.54) is 4.88 Å². The lowest BCUT2D eigenvalue weighted by Gasteiger charge is -1.96. The highest BCUT2D eigenvalue weighted by atomic mass is 32.1. The number of ketones is 1. The number of aryl methyl sites for hydroxylation is 1. The number of carbonyl (C=O) groups excluding carboxylic acids is 1. The summed E-state index contributed by atoms with van der Waals surface area (Å²) in [7, 11) is 0. The van der Waals surface area contributed by atoms with Crippen molar-refractivity contribution in [2.45, 2.75) is 6.92 Å². The van der Waals surface area contributed by atoms with Crippen LogP contribution in [-0.4, -0.2) is 5.78 Å². The zero-order chi connectivity index (χ0) is 12.3. The largest absolute Gasteiger partial charge is 0.289 e. The zero-order valence-corrected chi connectivity index (χ0v) is 10.7. The molecule has 0 spiro atoms. The first-order valence-corrected chi connectivity index (χ1v) is 6.74. The summed E-state index contributed by atoms with van der Waals surface area (Å²) in [4.78, 5) is 14.8. The summed E-state index contributed by atoms with van der Waals surface area (Å²) in [6, 6.07) is 14.3. The Hall–Kier alpha value is -1.93. The minimum absolute atomic E-state index is 0.186. The van der Waals surface area contributed by atoms with E-state index in [0.717, 1.165) is 32.7 Å². The van der Waals surface area contributed by atoms with Crippen LogP contribution in [0.5, 0.6) is 0 Å². The van der Waals surface area contributed by atoms with Crippen LogP contribution in [0.2, 0.25) is 0 Å². The number of carbonyl (C=O) groups is 1. The normalized spacial score (nSPS) is 12.8. The molecular weight excluding hydrogens is 240 g/mol. The number of hydrogen-bond donors (Lipinski definition) is 0. The Morgan fingerprint density at radius 2 is 1.78 bits per heavy atom. The van der Waals surface area contributed by atoms with Gasteiger partial charge in [-0.2, -0.15) is 0 Å². The summed E-state index contributed by atoms with van der Waals surface area (Å²) < 4.78 is 0. The topological polar surface area (TPSA) is 17.1 Å². The molecule has 0 amide bonds. The first-order chi connectivity index (χ1) is 8.75. The fourth-order valence-corrected chi connectivity index (χ4v) is 3.76. The van der Waals surface area contributed by atoms with Crippen molar-refractivity contribution in [2.75, 3.05) is 0 Å². The van der Waals surface area contributed by atoms with Crippen LogP contribution < -0.4 is 0 Å². The summed E-state index contributed by atoms with van der Waals surface area (Å²) in [5, 5.41) is 0. The van der Waals surface area contributed by atoms with Crippen LogP contribution in [0.3, 0.4) is 0 Å². The lowest BCUT2D eigenvalue weighted by atomic mass is 10.1. The molecule has 0 bridgehead atoms. The van der Waals surface area contributed by atoms with Gasteiger partial charge in [-0.1, -0.05) is 30.3 Å². The van der Waals surface area contributed by atoms with Gasteiger partial charge in [-0.25, -0.2) is 0 Å². The van der Waals surface area contributed by atoms with Gasteiger partial charge in [0.05, 0.1) is 0 Å². The van der Waals surface area contributed by atoms with Crippen LogP contribution >= 0.6 is 11.3 Å². The maximum atomic E-state index is 12.5. The van der Waals surface area contributed by atoms with Crippen LogP contribution in [0.25, 0.3) is 21.6 Å². The van der Waals surface area contributed by atoms with Crippen LogP contribution in [-0.2, 0) is 0 Å². The first kappa shape index (κ1) is 10.0. The Labute approximate surface area is 109 Å². The Morgan fingerprint density at radius 1 is 0.944 bits per heavy atom. The van der Waals surface area contributed by atoms with E-state index in [4.69, 9.17) is 0 Å². The molecule has 1 heterocycles. The second-order valence-electron chi connectivity index (χ2n) is 4.64. The van der Waals surface area contributed by atoms with Crippen LogP contribution in [0.4, 0.5) is 0 Å². The predicted octanol–water partition coefficient (Wildman–Crippen LogP) is 4.37. The molecule has 2 heteroatoms. The Morgan fingerprint density at radius 3 is 2.67 bits per heavy atom. The van der Waals surface area contributed by atoms with E-state index in [2.05, 4.69) is 19.1 Å². The average Bonchev–Trinajstić information content (AvgIpc) is 2.89. The molecule has 18 heavy (non-hydrogen) atoms. The third-order valence-electron chi connectivity index (χ3n) is 3.48. The minimum atomic E-state index is 0.186. The van der Waals surface area contributed by atoms with Gasteiger partial charge in [-0.3, -0.25) is 4.79 Å². The highest BCUT2D eigenvalue weighted by Gasteiger charge is 2.33. The van der Waals surface area contributed by atoms with Crippen molar-refractivity contribution >= 4 is 17.1 Å². The van der Waals surface area contributed by atoms with Gasteiger partial charge in [0.1, 0.15) is 0 Å². The summed E-state index contributed by atoms with van der Waals surface area (Å²) in [5.74, 6) is 0.186. The summed E-state index contributed by atoms with van der Waals surface area (Å²) in [5.41, 5.74) is 5.11. The van der Waals surface area contributed by atoms with E-state index >= 15 is 0 Å². The van der Waals surface area contributed by atoms with Crippen LogP contribution in [0.1, 0.15) is 20.8 Å². The van der Waals surface area contributed by atoms with Gasteiger partial charge in [0.15, 0.2) is 5.78 Å². The lowest BCUT2D eigenvalue weighted by Crippen LogP contribution is -1.94. The van der Waals surface area contributed by atoms with Crippen molar-refractivity contribution in [1.29, 1.82) is 0 Å². The molecule has 3 aliphatic carbocycles. The van der Waals surface area contributed by atoms with Gasteiger partial charge in [-0.15, -0.1) is 11.3 Å². The third kappa shape index (κ3) is 1.13. The fraction of sp³-hybridized carbons (Fsp3) is 0.0625. The lowest BCUT2D eigenvalue weighted by molar-refractivity contribution is 0.104. The molecule has 0 N–H and O–H groups in total. The number of thiophene rings is 1. The van der Waals surface area contributed by atoms with Crippen molar-refractivity contribution in [2.24, 2.45) is 0 Å². The molecule has 0 atom stereocenters. The number of rotatable bonds is 0. The van der Waals surface area contributed by atoms with Gasteiger partial charge >= 0.3 is 0 Å². The molecule has 0 aliphatic heterocycles. The van der Waals surface area contributed by atoms with Crippen LogP contribution in [0, 0.1) is 6.92 Å². The molecule has 1 aromatic heterocycles. The molecule has 3 aliphatic rings. The van der Waals surface area contributed by atoms with E-state index < -0.39 is 0 Å². The van der Waals surface area contributed by atoms with Crippen molar-refractivity contribution in [3.8, 4) is 21.6 Å². The molecule has 4 rings (SSSR count). The first-order valence-electron chi connectivity index (χ1n) is 5.93. The van der Waals surface area contributed by atoms with Crippen molar-refractivity contribution in [3.63, 3.8) is 0 Å². The highest BCUT2D eigenvalue weighted by Crippen LogP contribution is 2.48. The monoisotopic (exact) mass is 250 g/mol. The fourth-order valence-electron chi connectivity index (χ4n) is 2.73.